The molecule has 2 aromatic carbocycles. The van der Waals surface area contributed by atoms with Crippen LogP contribution in [0.15, 0.2) is 36.4 Å². The van der Waals surface area contributed by atoms with E-state index in [-0.39, 0.29) is 0 Å². The van der Waals surface area contributed by atoms with Gasteiger partial charge in [0.25, 0.3) is 0 Å². The lowest BCUT2D eigenvalue weighted by atomic mass is 9.76. The minimum Gasteiger partial charge on any atom is -0.0617 e. The number of aryl methyl sites for hydroxylation is 4. The molecular weight excluding hydrogens is 192 g/mol. The zero-order valence-corrected chi connectivity index (χ0v) is 9.29. The van der Waals surface area contributed by atoms with E-state index in [9.17, 15) is 0 Å². The molecule has 2 aromatic rings. The highest BCUT2D eigenvalue weighted by Gasteiger charge is 2.24. The molecule has 0 spiro atoms. The summed E-state index contributed by atoms with van der Waals surface area (Å²) in [4.78, 5) is 0. The third-order valence-electron chi connectivity index (χ3n) is 4.05. The van der Waals surface area contributed by atoms with E-state index in [0.717, 1.165) is 0 Å². The van der Waals surface area contributed by atoms with Gasteiger partial charge in [0.1, 0.15) is 0 Å². The van der Waals surface area contributed by atoms with Gasteiger partial charge in [-0.25, -0.2) is 0 Å². The van der Waals surface area contributed by atoms with E-state index in [0.29, 0.717) is 0 Å². The molecule has 0 N–H and O–H groups in total. The Morgan fingerprint density at radius 1 is 0.500 bits per heavy atom. The van der Waals surface area contributed by atoms with Gasteiger partial charge in [0.15, 0.2) is 0 Å². The van der Waals surface area contributed by atoms with Gasteiger partial charge in [-0.2, -0.15) is 0 Å². The zero-order valence-electron chi connectivity index (χ0n) is 9.29. The topological polar surface area (TPSA) is 0 Å². The Hall–Kier alpha value is -1.56. The Morgan fingerprint density at radius 3 is 1.12 bits per heavy atom. The summed E-state index contributed by atoms with van der Waals surface area (Å²) in [6.45, 7) is 0. The fourth-order valence-electron chi connectivity index (χ4n) is 3.32. The van der Waals surface area contributed by atoms with Crippen molar-refractivity contribution in [3.63, 3.8) is 0 Å². The average Bonchev–Trinajstić information content (AvgIpc) is 2.36. The Balaban J connectivity index is 2.15. The molecule has 16 heavy (non-hydrogen) atoms. The predicted molar refractivity (Wildman–Crippen MR) is 66.7 cm³/mol. The van der Waals surface area contributed by atoms with Gasteiger partial charge in [0, 0.05) is 0 Å². The molecule has 0 heterocycles. The van der Waals surface area contributed by atoms with Gasteiger partial charge in [-0.1, -0.05) is 36.4 Å². The van der Waals surface area contributed by atoms with E-state index in [1.54, 1.807) is 33.4 Å². The van der Waals surface area contributed by atoms with Gasteiger partial charge in [0.2, 0.25) is 0 Å². The lowest BCUT2D eigenvalue weighted by Gasteiger charge is -2.28. The third-order valence-corrected chi connectivity index (χ3v) is 4.05. The Morgan fingerprint density at radius 2 is 0.812 bits per heavy atom. The molecule has 2 aliphatic rings. The van der Waals surface area contributed by atoms with Crippen molar-refractivity contribution >= 4 is 0 Å². The van der Waals surface area contributed by atoms with E-state index in [4.69, 9.17) is 0 Å². The molecule has 4 rings (SSSR count). The molecule has 0 heteroatoms. The molecule has 0 fully saturated rings. The number of hydrogen-bond donors (Lipinski definition) is 0. The van der Waals surface area contributed by atoms with Crippen molar-refractivity contribution in [1.82, 2.24) is 0 Å². The van der Waals surface area contributed by atoms with E-state index in [2.05, 4.69) is 36.4 Å². The monoisotopic (exact) mass is 206 g/mol. The second-order valence-electron chi connectivity index (χ2n) is 4.90. The Bertz CT molecular complexity index is 481. The average molecular weight is 206 g/mol. The summed E-state index contributed by atoms with van der Waals surface area (Å²) in [5.41, 5.74) is 9.42. The maximum absolute atomic E-state index is 2.31. The van der Waals surface area contributed by atoms with Gasteiger partial charge in [-0.3, -0.25) is 0 Å². The second kappa shape index (κ2) is 2.98. The van der Waals surface area contributed by atoms with E-state index in [1.807, 2.05) is 0 Å². The standard InChI is InChI=1S/C16H14/c1-3-11-7-9-13-5-2-6-14-10-8-12(4-1)15(11)16(13)14/h1-6H,7-10H2. The number of benzene rings is 2. The summed E-state index contributed by atoms with van der Waals surface area (Å²) in [5, 5.41) is 0. The molecular formula is C16H14. The van der Waals surface area contributed by atoms with Crippen molar-refractivity contribution in [3.05, 3.63) is 58.7 Å². The van der Waals surface area contributed by atoms with Crippen molar-refractivity contribution in [2.24, 2.45) is 0 Å². The molecule has 0 atom stereocenters. The van der Waals surface area contributed by atoms with Crippen molar-refractivity contribution < 1.29 is 0 Å². The van der Waals surface area contributed by atoms with Crippen LogP contribution in [0.3, 0.4) is 0 Å². The summed E-state index contributed by atoms with van der Waals surface area (Å²) >= 11 is 0. The number of hydrogen-bond acceptors (Lipinski definition) is 0. The lowest BCUT2D eigenvalue weighted by Crippen LogP contribution is -2.13. The molecule has 0 unspecified atom stereocenters. The smallest absolute Gasteiger partial charge is 0.0114 e. The minimum atomic E-state index is 1.22. The van der Waals surface area contributed by atoms with Gasteiger partial charge in [0.05, 0.1) is 0 Å². The molecule has 0 amide bonds. The van der Waals surface area contributed by atoms with Crippen LogP contribution >= 0.6 is 0 Å². The predicted octanol–water partition coefficient (Wildman–Crippen LogP) is 3.55. The first-order chi connectivity index (χ1) is 7.93. The van der Waals surface area contributed by atoms with Crippen LogP contribution in [0.25, 0.3) is 11.1 Å². The molecule has 0 radical (unpaired) electrons. The fraction of sp³-hybridized carbons (Fsp3) is 0.250. The van der Waals surface area contributed by atoms with Crippen LogP contribution in [0, 0.1) is 0 Å². The summed E-state index contributed by atoms with van der Waals surface area (Å²) in [7, 11) is 0. The van der Waals surface area contributed by atoms with E-state index in [1.165, 1.54) is 25.7 Å². The molecule has 0 saturated carbocycles. The molecule has 0 aromatic heterocycles. The Kier molecular flexibility index (Phi) is 1.59. The molecule has 0 nitrogen and oxygen atoms in total. The molecule has 2 aliphatic carbocycles. The van der Waals surface area contributed by atoms with Crippen molar-refractivity contribution in [3.8, 4) is 11.1 Å². The van der Waals surface area contributed by atoms with E-state index >= 15 is 0 Å². The first-order valence-corrected chi connectivity index (χ1v) is 6.15. The quantitative estimate of drug-likeness (QED) is 0.618. The zero-order chi connectivity index (χ0) is 10.5. The van der Waals surface area contributed by atoms with E-state index < -0.39 is 0 Å². The largest absolute Gasteiger partial charge is 0.0617 e. The molecule has 78 valence electrons. The number of rotatable bonds is 0. The van der Waals surface area contributed by atoms with Crippen LogP contribution in [-0.2, 0) is 25.7 Å². The highest BCUT2D eigenvalue weighted by Crippen LogP contribution is 2.41. The van der Waals surface area contributed by atoms with Crippen LogP contribution in [0.5, 0.6) is 0 Å². The normalized spacial score (nSPS) is 15.8. The SMILES string of the molecule is c1cc2c3c(c1)CCc1cccc(c1-3)CC2. The second-order valence-corrected chi connectivity index (χ2v) is 4.90. The van der Waals surface area contributed by atoms with Gasteiger partial charge in [-0.15, -0.1) is 0 Å². The van der Waals surface area contributed by atoms with Gasteiger partial charge >= 0.3 is 0 Å². The summed E-state index contributed by atoms with van der Waals surface area (Å²) in [6.07, 6.45) is 4.89. The summed E-state index contributed by atoms with van der Waals surface area (Å²) < 4.78 is 0. The van der Waals surface area contributed by atoms with Crippen molar-refractivity contribution in [1.29, 1.82) is 0 Å². The van der Waals surface area contributed by atoms with Crippen LogP contribution in [0.4, 0.5) is 0 Å². The Labute approximate surface area is 95.9 Å². The van der Waals surface area contributed by atoms with Crippen molar-refractivity contribution in [2.75, 3.05) is 0 Å². The fourth-order valence-corrected chi connectivity index (χ4v) is 3.32. The summed E-state index contributed by atoms with van der Waals surface area (Å²) in [6, 6.07) is 13.7. The van der Waals surface area contributed by atoms with Crippen molar-refractivity contribution in [2.45, 2.75) is 25.7 Å². The minimum absolute atomic E-state index is 1.22. The van der Waals surface area contributed by atoms with Crippen LogP contribution in [-0.4, -0.2) is 0 Å². The highest BCUT2D eigenvalue weighted by molar-refractivity contribution is 5.80. The first kappa shape index (κ1) is 8.58. The van der Waals surface area contributed by atoms with Crippen LogP contribution < -0.4 is 0 Å². The molecule has 0 saturated heterocycles. The highest BCUT2D eigenvalue weighted by atomic mass is 14.3. The lowest BCUT2D eigenvalue weighted by molar-refractivity contribution is 0.876. The summed E-state index contributed by atoms with van der Waals surface area (Å²) in [5.74, 6) is 0. The maximum Gasteiger partial charge on any atom is -0.0114 e. The van der Waals surface area contributed by atoms with Crippen LogP contribution in [0.1, 0.15) is 22.3 Å². The third kappa shape index (κ3) is 0.996. The molecule has 0 aliphatic heterocycles. The van der Waals surface area contributed by atoms with Crippen LogP contribution in [0.2, 0.25) is 0 Å². The maximum atomic E-state index is 2.31. The van der Waals surface area contributed by atoms with Gasteiger partial charge < -0.3 is 0 Å². The first-order valence-electron chi connectivity index (χ1n) is 6.15. The van der Waals surface area contributed by atoms with Gasteiger partial charge in [-0.05, 0) is 59.1 Å². The molecule has 0 bridgehead atoms.